The van der Waals surface area contributed by atoms with E-state index in [1.807, 2.05) is 0 Å². The molecule has 4 bridgehead atoms. The van der Waals surface area contributed by atoms with Crippen molar-refractivity contribution in [2.24, 2.45) is 17.3 Å². The van der Waals surface area contributed by atoms with E-state index in [2.05, 4.69) is 54.4 Å². The molecule has 1 N–H and O–H groups in total. The van der Waals surface area contributed by atoms with Gasteiger partial charge in [0, 0.05) is 25.2 Å². The van der Waals surface area contributed by atoms with Gasteiger partial charge in [0.05, 0.1) is 18.6 Å². The molecule has 4 aliphatic carbocycles. The minimum Gasteiger partial charge on any atom is -0.379 e. The lowest BCUT2D eigenvalue weighted by Gasteiger charge is -2.61. The maximum atomic E-state index is 13.6. The van der Waals surface area contributed by atoms with Crippen LogP contribution < -0.4 is 5.32 Å². The van der Waals surface area contributed by atoms with Crippen molar-refractivity contribution < 1.29 is 9.53 Å². The zero-order valence-electron chi connectivity index (χ0n) is 18.1. The Labute approximate surface area is 175 Å². The molecule has 29 heavy (non-hydrogen) atoms. The number of hydrogen-bond donors (Lipinski definition) is 1. The highest BCUT2D eigenvalue weighted by molar-refractivity contribution is 5.83. The summed E-state index contributed by atoms with van der Waals surface area (Å²) < 4.78 is 5.51. The molecule has 0 spiro atoms. The standard InChI is InChI=1S/C25H36N2O2/c1-23(2,27-8-10-29-11-9-27)18-26-22(28)25-15-19-12-20(16-25)14-24(13-19,17-25)21-6-4-3-5-7-21/h3-7,19-20H,8-18H2,1-2H3,(H,26,28). The lowest BCUT2D eigenvalue weighted by Crippen LogP contribution is -2.61. The van der Waals surface area contributed by atoms with E-state index < -0.39 is 0 Å². The van der Waals surface area contributed by atoms with Crippen LogP contribution in [0.5, 0.6) is 0 Å². The summed E-state index contributed by atoms with van der Waals surface area (Å²) in [5.41, 5.74) is 1.52. The predicted octanol–water partition coefficient (Wildman–Crippen LogP) is 3.75. The Morgan fingerprint density at radius 1 is 1.10 bits per heavy atom. The fraction of sp³-hybridized carbons (Fsp3) is 0.720. The maximum Gasteiger partial charge on any atom is 0.226 e. The highest BCUT2D eigenvalue weighted by Crippen LogP contribution is 2.65. The number of carbonyl (C=O) groups excluding carboxylic acids is 1. The maximum absolute atomic E-state index is 13.6. The summed E-state index contributed by atoms with van der Waals surface area (Å²) in [5.74, 6) is 1.76. The van der Waals surface area contributed by atoms with Gasteiger partial charge in [0.1, 0.15) is 0 Å². The van der Waals surface area contributed by atoms with Crippen LogP contribution in [-0.2, 0) is 14.9 Å². The molecule has 1 aromatic carbocycles. The Morgan fingerprint density at radius 2 is 1.76 bits per heavy atom. The number of hydrogen-bond acceptors (Lipinski definition) is 3. The van der Waals surface area contributed by atoms with Crippen molar-refractivity contribution in [3.63, 3.8) is 0 Å². The molecular formula is C25H36N2O2. The molecule has 1 amide bonds. The van der Waals surface area contributed by atoms with Gasteiger partial charge in [0.25, 0.3) is 0 Å². The third-order valence-corrected chi connectivity index (χ3v) is 8.48. The molecule has 1 aliphatic heterocycles. The molecule has 1 saturated heterocycles. The lowest BCUT2D eigenvalue weighted by molar-refractivity contribution is -0.149. The van der Waals surface area contributed by atoms with Crippen molar-refractivity contribution >= 4 is 5.91 Å². The van der Waals surface area contributed by atoms with Crippen molar-refractivity contribution in [1.82, 2.24) is 10.2 Å². The van der Waals surface area contributed by atoms with E-state index in [-0.39, 0.29) is 16.4 Å². The third-order valence-electron chi connectivity index (χ3n) is 8.48. The summed E-state index contributed by atoms with van der Waals surface area (Å²) >= 11 is 0. The van der Waals surface area contributed by atoms with Crippen LogP contribution in [0.3, 0.4) is 0 Å². The largest absolute Gasteiger partial charge is 0.379 e. The molecule has 2 atom stereocenters. The summed E-state index contributed by atoms with van der Waals surface area (Å²) in [6.07, 6.45) is 7.14. The van der Waals surface area contributed by atoms with Crippen LogP contribution in [0.15, 0.2) is 30.3 Å². The average Bonchev–Trinajstić information content (AvgIpc) is 2.72. The molecule has 0 radical (unpaired) electrons. The monoisotopic (exact) mass is 396 g/mol. The van der Waals surface area contributed by atoms with Crippen LogP contribution in [0.1, 0.15) is 57.9 Å². The predicted molar refractivity (Wildman–Crippen MR) is 115 cm³/mol. The van der Waals surface area contributed by atoms with E-state index in [0.717, 1.165) is 63.9 Å². The van der Waals surface area contributed by atoms with Gasteiger partial charge in [-0.05, 0) is 75.2 Å². The first-order chi connectivity index (χ1) is 13.9. The summed E-state index contributed by atoms with van der Waals surface area (Å²) in [6.45, 7) is 8.73. The van der Waals surface area contributed by atoms with Gasteiger partial charge in [-0.25, -0.2) is 0 Å². The Hall–Kier alpha value is -1.39. The minimum atomic E-state index is -0.152. The average molecular weight is 397 g/mol. The molecule has 4 heteroatoms. The van der Waals surface area contributed by atoms with Gasteiger partial charge in [-0.2, -0.15) is 0 Å². The van der Waals surface area contributed by atoms with Gasteiger partial charge in [0.15, 0.2) is 0 Å². The van der Waals surface area contributed by atoms with Crippen molar-refractivity contribution in [2.75, 3.05) is 32.8 Å². The molecule has 5 aliphatic rings. The number of nitrogens with one attached hydrogen (secondary N) is 1. The molecule has 5 fully saturated rings. The number of benzene rings is 1. The van der Waals surface area contributed by atoms with Crippen LogP contribution >= 0.6 is 0 Å². The SMILES string of the molecule is CC(C)(CNC(=O)C12CC3CC(C1)CC(c1ccccc1)(C3)C2)N1CCOCC1. The molecule has 4 saturated carbocycles. The normalized spacial score (nSPS) is 36.9. The van der Waals surface area contributed by atoms with E-state index in [9.17, 15) is 4.79 Å². The van der Waals surface area contributed by atoms with E-state index >= 15 is 0 Å². The summed E-state index contributed by atoms with van der Waals surface area (Å²) in [6, 6.07) is 11.1. The molecule has 158 valence electrons. The van der Waals surface area contributed by atoms with Gasteiger partial charge >= 0.3 is 0 Å². The smallest absolute Gasteiger partial charge is 0.226 e. The number of nitrogens with zero attached hydrogens (tertiary/aromatic N) is 1. The first kappa shape index (κ1) is 19.6. The summed E-state index contributed by atoms with van der Waals surface area (Å²) in [5, 5.41) is 3.42. The number of rotatable bonds is 5. The molecule has 1 heterocycles. The second kappa shape index (κ2) is 7.09. The Kier molecular flexibility index (Phi) is 4.78. The zero-order chi connectivity index (χ0) is 20.1. The fourth-order valence-electron chi connectivity index (χ4n) is 7.42. The van der Waals surface area contributed by atoms with Crippen molar-refractivity contribution in [2.45, 2.75) is 63.3 Å². The molecule has 4 nitrogen and oxygen atoms in total. The second-order valence-corrected chi connectivity index (χ2v) is 11.0. The van der Waals surface area contributed by atoms with Crippen LogP contribution in [0, 0.1) is 17.3 Å². The number of ether oxygens (including phenoxy) is 1. The van der Waals surface area contributed by atoms with E-state index in [4.69, 9.17) is 4.74 Å². The minimum absolute atomic E-state index is 0.0289. The molecule has 0 aromatic heterocycles. The zero-order valence-corrected chi connectivity index (χ0v) is 18.1. The summed E-state index contributed by atoms with van der Waals surface area (Å²) in [7, 11) is 0. The molecule has 6 rings (SSSR count). The molecule has 2 unspecified atom stereocenters. The number of morpholine rings is 1. The van der Waals surface area contributed by atoms with Crippen molar-refractivity contribution in [3.05, 3.63) is 35.9 Å². The van der Waals surface area contributed by atoms with Crippen LogP contribution in [0.25, 0.3) is 0 Å². The lowest BCUT2D eigenvalue weighted by atomic mass is 9.42. The van der Waals surface area contributed by atoms with E-state index in [1.165, 1.54) is 24.8 Å². The van der Waals surface area contributed by atoms with Crippen LogP contribution in [0.4, 0.5) is 0 Å². The second-order valence-electron chi connectivity index (χ2n) is 11.0. The highest BCUT2D eigenvalue weighted by atomic mass is 16.5. The highest BCUT2D eigenvalue weighted by Gasteiger charge is 2.60. The molecular weight excluding hydrogens is 360 g/mol. The van der Waals surface area contributed by atoms with Gasteiger partial charge < -0.3 is 10.1 Å². The Morgan fingerprint density at radius 3 is 2.41 bits per heavy atom. The summed E-state index contributed by atoms with van der Waals surface area (Å²) in [4.78, 5) is 16.1. The van der Waals surface area contributed by atoms with Crippen LogP contribution in [0.2, 0.25) is 0 Å². The van der Waals surface area contributed by atoms with Gasteiger partial charge in [-0.15, -0.1) is 0 Å². The first-order valence-corrected chi connectivity index (χ1v) is 11.6. The van der Waals surface area contributed by atoms with E-state index in [0.29, 0.717) is 5.91 Å². The Balaban J connectivity index is 1.33. The molecule has 1 aromatic rings. The number of carbonyl (C=O) groups is 1. The van der Waals surface area contributed by atoms with E-state index in [1.54, 1.807) is 0 Å². The fourth-order valence-corrected chi connectivity index (χ4v) is 7.42. The van der Waals surface area contributed by atoms with Crippen LogP contribution in [-0.4, -0.2) is 49.2 Å². The first-order valence-electron chi connectivity index (χ1n) is 11.6. The van der Waals surface area contributed by atoms with Gasteiger partial charge in [-0.1, -0.05) is 30.3 Å². The van der Waals surface area contributed by atoms with Crippen molar-refractivity contribution in [1.29, 1.82) is 0 Å². The van der Waals surface area contributed by atoms with Crippen molar-refractivity contribution in [3.8, 4) is 0 Å². The number of amides is 1. The Bertz CT molecular complexity index is 739. The topological polar surface area (TPSA) is 41.6 Å². The third kappa shape index (κ3) is 3.42. The quantitative estimate of drug-likeness (QED) is 0.824. The van der Waals surface area contributed by atoms with Gasteiger partial charge in [-0.3, -0.25) is 9.69 Å². The van der Waals surface area contributed by atoms with Gasteiger partial charge in [0.2, 0.25) is 5.91 Å².